The molecule has 30 heteroatoms. The second-order valence-electron chi connectivity index (χ2n) is 6.91. The van der Waals surface area contributed by atoms with Crippen molar-refractivity contribution in [2.24, 2.45) is 0 Å². The third-order valence-electron chi connectivity index (χ3n) is 3.63. The average molecular weight is 922 g/mol. The van der Waals surface area contributed by atoms with Crippen LogP contribution in [-0.4, -0.2) is 60.5 Å². The number of aliphatic hydroxyl groups is 1. The van der Waals surface area contributed by atoms with Gasteiger partial charge in [-0.05, 0) is 5.56 Å². The van der Waals surface area contributed by atoms with Crippen molar-refractivity contribution >= 4 is 8.60 Å². The summed E-state index contributed by atoms with van der Waals surface area (Å²) >= 11 is 0. The standard InChI is InChI=1S/C9H3F18O3P.C9H8O.5CO.2Co/c10-4(11,12)1(5(13,14)15)28-31(29-2(6(16,17)18)7(19,20)21)30-3(8(22,23)24)9(25,26)27;1-2-9(10)8-6-4-3-5-7-8;5*1-2;;/h1-3H;1,3-7,9-10H;;;;;;;/t;9-;;;;;;;/m.0......./s1. The Bertz CT molecular complexity index is 1050. The molecule has 0 aromatic heterocycles. The van der Waals surface area contributed by atoms with Crippen LogP contribution in [0.5, 0.6) is 0 Å². The number of aliphatic hydroxyl groups excluding tert-OH is 1. The van der Waals surface area contributed by atoms with Crippen molar-refractivity contribution in [3.8, 4) is 12.3 Å². The van der Waals surface area contributed by atoms with E-state index in [2.05, 4.69) is 52.7 Å². The normalized spacial score (nSPS) is 11.6. The third-order valence-corrected chi connectivity index (χ3v) is 4.78. The first-order valence-electron chi connectivity index (χ1n) is 10.4. The predicted molar refractivity (Wildman–Crippen MR) is 118 cm³/mol. The Labute approximate surface area is 306 Å². The van der Waals surface area contributed by atoms with Crippen LogP contribution in [-0.2, 0) is 70.4 Å². The fourth-order valence-electron chi connectivity index (χ4n) is 1.98. The van der Waals surface area contributed by atoms with Crippen molar-refractivity contribution in [3.63, 3.8) is 0 Å². The zero-order valence-corrected chi connectivity index (χ0v) is 26.9. The minimum atomic E-state index is -6.79. The van der Waals surface area contributed by atoms with Crippen LogP contribution in [0.3, 0.4) is 0 Å². The summed E-state index contributed by atoms with van der Waals surface area (Å²) in [6, 6.07) is 9.16. The zero-order chi connectivity index (χ0) is 42.8. The van der Waals surface area contributed by atoms with Crippen LogP contribution in [0.4, 0.5) is 79.0 Å². The first kappa shape index (κ1) is 68.5. The van der Waals surface area contributed by atoms with Crippen LogP contribution >= 0.6 is 8.60 Å². The van der Waals surface area contributed by atoms with Gasteiger partial charge in [0.1, 0.15) is 6.10 Å². The summed E-state index contributed by atoms with van der Waals surface area (Å²) in [4.78, 5) is 0. The zero-order valence-electron chi connectivity index (χ0n) is 23.9. The number of alkyl halides is 18. The van der Waals surface area contributed by atoms with E-state index in [0.29, 0.717) is 0 Å². The largest absolute Gasteiger partial charge is 0 e. The molecule has 0 spiro atoms. The molecule has 0 aliphatic carbocycles. The van der Waals surface area contributed by atoms with Crippen molar-refractivity contribution < 1.29 is 155 Å². The van der Waals surface area contributed by atoms with Gasteiger partial charge in [-0.2, -0.15) is 79.0 Å². The molecule has 0 aliphatic rings. The molecule has 1 atom stereocenters. The summed E-state index contributed by atoms with van der Waals surface area (Å²) < 4.78 is 268. The molecule has 9 nitrogen and oxygen atoms in total. The van der Waals surface area contributed by atoms with E-state index in [0.717, 1.165) is 5.56 Å². The maximum absolute atomic E-state index is 12.4. The minimum absolute atomic E-state index is 0. The van der Waals surface area contributed by atoms with E-state index in [4.69, 9.17) is 34.8 Å². The van der Waals surface area contributed by atoms with E-state index >= 15 is 0 Å². The molecular weight excluding hydrogens is 911 g/mol. The smallest absolute Gasteiger partial charge is 0 e. The molecule has 0 unspecified atom stereocenters. The fourth-order valence-corrected chi connectivity index (χ4v) is 3.36. The van der Waals surface area contributed by atoms with E-state index in [9.17, 15) is 79.0 Å². The molecule has 0 amide bonds. The quantitative estimate of drug-likeness (QED) is 0.0974. The Morgan fingerprint density at radius 3 is 0.830 bits per heavy atom. The SMILES string of the molecule is C#C[C@H](O)c1ccccc1.FC(F)(F)C(OP(OC(C(F)(F)F)C(F)(F)F)OC(C(F)(F)F)C(F)(F)F)C(F)(F)F.[C-]#[O+].[C-]#[O+].[C-]#[O+].[C-]#[O+].[C-]#[O+].[Co].[Co]. The Hall–Kier alpha value is -2.50. The summed E-state index contributed by atoms with van der Waals surface area (Å²) in [5, 5.41) is 9.09. The molecule has 0 heterocycles. The number of hydrogen-bond acceptors (Lipinski definition) is 4. The van der Waals surface area contributed by atoms with Gasteiger partial charge >= 0.3 is 102 Å². The number of terminal acetylenes is 1. The van der Waals surface area contributed by atoms with Gasteiger partial charge in [0.25, 0.3) is 18.3 Å². The Balaban J connectivity index is -0.000000127. The Morgan fingerprint density at radius 2 is 0.679 bits per heavy atom. The molecule has 1 aromatic carbocycles. The van der Waals surface area contributed by atoms with Gasteiger partial charge in [-0.25, -0.2) is 0 Å². The molecule has 2 radical (unpaired) electrons. The van der Waals surface area contributed by atoms with Gasteiger partial charge in [-0.15, -0.1) is 6.42 Å². The first-order valence-corrected chi connectivity index (χ1v) is 11.5. The molecule has 1 rings (SSSR count). The molecule has 53 heavy (non-hydrogen) atoms. The van der Waals surface area contributed by atoms with E-state index in [1.54, 1.807) is 12.1 Å². The molecule has 306 valence electrons. The summed E-state index contributed by atoms with van der Waals surface area (Å²) in [5.41, 5.74) is 0.769. The maximum atomic E-state index is 12.4. The maximum Gasteiger partial charge on any atom is 0 e. The van der Waals surface area contributed by atoms with Crippen molar-refractivity contribution in [1.29, 1.82) is 0 Å². The Morgan fingerprint density at radius 1 is 0.491 bits per heavy atom. The van der Waals surface area contributed by atoms with Crippen LogP contribution in [0.15, 0.2) is 30.3 Å². The molecule has 1 aromatic rings. The van der Waals surface area contributed by atoms with Gasteiger partial charge in [0.05, 0.1) is 0 Å². The summed E-state index contributed by atoms with van der Waals surface area (Å²) in [7, 11) is -5.88. The van der Waals surface area contributed by atoms with Crippen LogP contribution in [0.1, 0.15) is 11.7 Å². The minimum Gasteiger partial charge on any atom is 0 e. The molecule has 0 saturated heterocycles. The number of rotatable bonds is 7. The first-order chi connectivity index (χ1) is 23.0. The van der Waals surface area contributed by atoms with Crippen LogP contribution in [0, 0.1) is 45.6 Å². The van der Waals surface area contributed by atoms with Gasteiger partial charge in [0.15, 0.2) is 0 Å². The van der Waals surface area contributed by atoms with Crippen LogP contribution < -0.4 is 0 Å². The van der Waals surface area contributed by atoms with E-state index < -0.39 is 70.1 Å². The Kier molecular flexibility index (Phi) is 41.1. The molecule has 0 bridgehead atoms. The molecule has 0 saturated carbocycles. The third kappa shape index (κ3) is 31.5. The second-order valence-corrected chi connectivity index (χ2v) is 7.99. The average Bonchev–Trinajstić information content (AvgIpc) is 3.02. The van der Waals surface area contributed by atoms with Crippen molar-refractivity contribution in [3.05, 3.63) is 69.1 Å². The number of halogens is 18. The van der Waals surface area contributed by atoms with E-state index in [1.807, 2.05) is 18.2 Å². The fraction of sp³-hybridized carbons (Fsp3) is 0.435. The second kappa shape index (κ2) is 31.8. The summed E-state index contributed by atoms with van der Waals surface area (Å²) in [6.45, 7) is 22.5. The predicted octanol–water partition coefficient (Wildman–Crippen LogP) is 7.90. The molecule has 0 fully saturated rings. The van der Waals surface area contributed by atoms with E-state index in [-0.39, 0.29) is 33.6 Å². The summed E-state index contributed by atoms with van der Waals surface area (Å²) in [6.07, 6.45) is -52.9. The van der Waals surface area contributed by atoms with Crippen LogP contribution in [0.2, 0.25) is 0 Å². The van der Waals surface area contributed by atoms with Gasteiger partial charge in [0.2, 0.25) is 0 Å². The van der Waals surface area contributed by atoms with Gasteiger partial charge in [-0.3, -0.25) is 13.6 Å². The number of benzene rings is 1. The van der Waals surface area contributed by atoms with Gasteiger partial charge < -0.3 is 5.11 Å². The number of hydrogen-bond donors (Lipinski definition) is 1. The molecular formula is C23H11Co2F18O9P. The molecule has 0 aliphatic heterocycles. The van der Waals surface area contributed by atoms with Crippen molar-refractivity contribution in [1.82, 2.24) is 0 Å². The van der Waals surface area contributed by atoms with Gasteiger partial charge in [0, 0.05) is 33.6 Å². The topological polar surface area (TPSA) is 147 Å². The van der Waals surface area contributed by atoms with Crippen molar-refractivity contribution in [2.75, 3.05) is 0 Å². The van der Waals surface area contributed by atoms with Crippen molar-refractivity contribution in [2.45, 2.75) is 61.5 Å². The summed E-state index contributed by atoms with van der Waals surface area (Å²) in [5.74, 6) is 2.24. The van der Waals surface area contributed by atoms with Gasteiger partial charge in [-0.1, -0.05) is 36.3 Å². The monoisotopic (exact) mass is 922 g/mol. The molecule has 1 N–H and O–H groups in total. The van der Waals surface area contributed by atoms with Crippen LogP contribution in [0.25, 0.3) is 0 Å². The van der Waals surface area contributed by atoms with E-state index in [1.165, 1.54) is 0 Å².